The molecule has 27 heteroatoms. The third-order valence-electron chi connectivity index (χ3n) is 21.7. The Labute approximate surface area is 640 Å². The lowest BCUT2D eigenvalue weighted by Crippen LogP contribution is -2.48. The summed E-state index contributed by atoms with van der Waals surface area (Å²) in [4.78, 5) is 76.3. The van der Waals surface area contributed by atoms with E-state index in [1.165, 1.54) is 77.6 Å². The number of aromatic nitrogens is 2. The molecule has 5 atom stereocenters. The molecule has 0 radical (unpaired) electrons. The van der Waals surface area contributed by atoms with Crippen LogP contribution < -0.4 is 5.73 Å². The van der Waals surface area contributed by atoms with Crippen molar-refractivity contribution in [3.05, 3.63) is 267 Å². The molecule has 1 aliphatic carbocycles. The Morgan fingerprint density at radius 2 is 0.925 bits per heavy atom. The molecule has 6 aromatic carbocycles. The second kappa shape index (κ2) is 31.6. The van der Waals surface area contributed by atoms with Crippen LogP contribution in [0, 0.1) is 40.6 Å². The quantitative estimate of drug-likeness (QED) is 0.0410. The molecule has 3 saturated heterocycles. The molecule has 0 bridgehead atoms. The number of aliphatic hydroxyl groups is 4. The highest BCUT2D eigenvalue weighted by molar-refractivity contribution is 6.32. The fourth-order valence-corrected chi connectivity index (χ4v) is 15.6. The van der Waals surface area contributed by atoms with Crippen molar-refractivity contribution in [3.8, 4) is 0 Å². The fourth-order valence-electron chi connectivity index (χ4n) is 15.0. The lowest BCUT2D eigenvalue weighted by Gasteiger charge is -2.40. The van der Waals surface area contributed by atoms with Gasteiger partial charge in [-0.25, -0.2) is 18.0 Å². The first-order valence-electron chi connectivity index (χ1n) is 34.8. The molecule has 0 spiro atoms. The lowest BCUT2D eigenvalue weighted by molar-refractivity contribution is -0.142. The Hall–Kier alpha value is -7.91. The van der Waals surface area contributed by atoms with Crippen LogP contribution in [0.1, 0.15) is 169 Å². The number of fused-ring (bicyclic) bond motifs is 2. The first-order valence-corrected chi connectivity index (χ1v) is 36.7. The number of benzene rings is 6. The first-order chi connectivity index (χ1) is 50.8. The van der Waals surface area contributed by atoms with Crippen LogP contribution in [-0.2, 0) is 65.1 Å². The number of amides is 3. The van der Waals surface area contributed by atoms with E-state index in [2.05, 4.69) is 9.97 Å². The summed E-state index contributed by atoms with van der Waals surface area (Å²) in [6, 6.07) is 33.0. The number of rotatable bonds is 19. The molecule has 3 amide bonds. The van der Waals surface area contributed by atoms with Gasteiger partial charge in [-0.2, -0.15) is 0 Å². The van der Waals surface area contributed by atoms with Crippen LogP contribution in [0.15, 0.2) is 146 Å². The second-order valence-electron chi connectivity index (χ2n) is 28.4. The number of carbonyl (C=O) groups is 5. The minimum Gasteiger partial charge on any atom is -0.478 e. The first kappa shape index (κ1) is 78.7. The summed E-state index contributed by atoms with van der Waals surface area (Å²) >= 11 is 30.1. The molecule has 107 heavy (non-hydrogen) atoms. The normalized spacial score (nSPS) is 21.0. The van der Waals surface area contributed by atoms with Crippen molar-refractivity contribution in [2.45, 2.75) is 113 Å². The zero-order valence-electron chi connectivity index (χ0n) is 58.4. The molecule has 6 aliphatic rings. The van der Waals surface area contributed by atoms with E-state index in [0.717, 1.165) is 6.07 Å². The molecule has 8 aromatic rings. The minimum atomic E-state index is -2.12. The maximum absolute atomic E-state index is 16.7. The van der Waals surface area contributed by atoms with Crippen LogP contribution in [0.2, 0.25) is 25.1 Å². The van der Waals surface area contributed by atoms with Gasteiger partial charge in [0, 0.05) is 83.8 Å². The topological polar surface area (TPSA) is 282 Å². The van der Waals surface area contributed by atoms with Gasteiger partial charge in [0.1, 0.15) is 17.5 Å². The number of nitrogens with two attached hydrogens (primary N) is 1. The van der Waals surface area contributed by atoms with Gasteiger partial charge in [-0.15, -0.1) is 0 Å². The molecule has 7 N–H and O–H groups in total. The maximum Gasteiger partial charge on any atom is 0.336 e. The van der Waals surface area contributed by atoms with Gasteiger partial charge in [-0.05, 0) is 216 Å². The van der Waals surface area contributed by atoms with Crippen molar-refractivity contribution in [2.75, 3.05) is 46.2 Å². The summed E-state index contributed by atoms with van der Waals surface area (Å²) in [6.07, 6.45) is 7.52. The van der Waals surface area contributed by atoms with E-state index < -0.39 is 91.7 Å². The van der Waals surface area contributed by atoms with Crippen molar-refractivity contribution in [1.82, 2.24) is 19.8 Å². The smallest absolute Gasteiger partial charge is 0.336 e. The second-order valence-corrected chi connectivity index (χ2v) is 30.5. The predicted octanol–water partition coefficient (Wildman–Crippen LogP) is 14.4. The van der Waals surface area contributed by atoms with Crippen molar-refractivity contribution < 1.29 is 81.6 Å². The van der Waals surface area contributed by atoms with E-state index in [4.69, 9.17) is 82.7 Å². The fraction of sp³-hybridized carbons (Fsp3) is 0.362. The largest absolute Gasteiger partial charge is 0.478 e. The molecular formula is C80H77Cl5F3N5O14. The molecule has 2 aromatic heterocycles. The zero-order valence-corrected chi connectivity index (χ0v) is 62.2. The van der Waals surface area contributed by atoms with Gasteiger partial charge in [-0.1, -0.05) is 82.3 Å². The van der Waals surface area contributed by atoms with Crippen LogP contribution >= 0.6 is 58.0 Å². The Bertz CT molecular complexity index is 4670. The Morgan fingerprint density at radius 1 is 0.542 bits per heavy atom. The molecule has 4 unspecified atom stereocenters. The number of hydrogen-bond donors (Lipinski definition) is 6. The number of primary amides is 1. The molecule has 1 saturated carbocycles. The Kier molecular flexibility index (Phi) is 23.2. The number of carbonyl (C=O) groups excluding carboxylic acids is 4. The number of carboxylic acids is 1. The van der Waals surface area contributed by atoms with Gasteiger partial charge >= 0.3 is 5.97 Å². The number of hydrogen-bond acceptors (Lipinski definition) is 15. The average molecular weight is 1570 g/mol. The highest BCUT2D eigenvalue weighted by atomic mass is 35.5. The molecular weight excluding hydrogens is 1490 g/mol. The molecule has 4 fully saturated rings. The molecule has 5 aliphatic heterocycles. The summed E-state index contributed by atoms with van der Waals surface area (Å²) in [7, 11) is 0. The Morgan fingerprint density at radius 3 is 1.35 bits per heavy atom. The third kappa shape index (κ3) is 15.7. The van der Waals surface area contributed by atoms with Gasteiger partial charge < -0.3 is 50.2 Å². The zero-order chi connectivity index (χ0) is 76.7. The van der Waals surface area contributed by atoms with E-state index >= 15 is 8.78 Å². The maximum atomic E-state index is 16.7. The standard InChI is InChI=1S/C32H32Cl2FN3O5.C27H25Cl2FN2O4.C21H20ClFO5/c1-30(41,19-8-12-42-13-9-19)21-14-25-27(26(35)15-21)32(20-2-4-22(33)5-3-20,43-18-31(10-11-31)29(36)40)38(28(25)39)17-24-7-6-23(34)16-37-24;1-26(34,16-8-10-36-11-9-16)18-12-22-24(23(30)13-18)27(35,17-2-4-19(28)5-3-17)32(25(22)33)15-21-7-6-20(29)14-31-21;1-21(27,13-6-8-28-9-7-13)14-10-16(20(25)26)18(17(23)11-14)19(24)12-2-4-15(22)5-3-12/h2-7,14-16,19,41H,8-13,17-18H2,1H3,(H2,36,40);2-7,12-14,16,34-35H,8-11,15H2,1H3;2-5,10-11,13,27H,6-9H2,1H3,(H,25,26)/t30?,32-;;/m1../s1. The average Bonchev–Trinajstić information content (AvgIpc) is 1.55. The number of ketones is 1. The molecule has 19 nitrogen and oxygen atoms in total. The van der Waals surface area contributed by atoms with Gasteiger partial charge in [0.15, 0.2) is 17.2 Å². The predicted molar refractivity (Wildman–Crippen MR) is 392 cm³/mol. The van der Waals surface area contributed by atoms with Gasteiger partial charge in [-0.3, -0.25) is 38.9 Å². The van der Waals surface area contributed by atoms with Crippen molar-refractivity contribution in [2.24, 2.45) is 28.9 Å². The van der Waals surface area contributed by atoms with E-state index in [1.54, 1.807) is 92.7 Å². The monoisotopic (exact) mass is 1560 g/mol. The third-order valence-corrected chi connectivity index (χ3v) is 22.9. The highest BCUT2D eigenvalue weighted by Gasteiger charge is 2.59. The number of carboxylic acid groups (broad SMARTS) is 1. The molecule has 7 heterocycles. The van der Waals surface area contributed by atoms with Crippen LogP contribution in [0.25, 0.3) is 0 Å². The van der Waals surface area contributed by atoms with Gasteiger partial charge in [0.25, 0.3) is 11.8 Å². The number of pyridine rings is 2. The van der Waals surface area contributed by atoms with Crippen LogP contribution in [0.5, 0.6) is 0 Å². The minimum absolute atomic E-state index is 0.0104. The molecule has 14 rings (SSSR count). The highest BCUT2D eigenvalue weighted by Crippen LogP contribution is 2.54. The number of nitrogens with zero attached hydrogens (tertiary/aromatic N) is 4. The van der Waals surface area contributed by atoms with Crippen molar-refractivity contribution in [3.63, 3.8) is 0 Å². The number of ether oxygens (including phenoxy) is 4. The summed E-state index contributed by atoms with van der Waals surface area (Å²) in [6.45, 7) is 7.44. The van der Waals surface area contributed by atoms with Gasteiger partial charge in [0.2, 0.25) is 5.91 Å². The summed E-state index contributed by atoms with van der Waals surface area (Å²) in [5.74, 6) is -6.87. The number of halogens is 8. The summed E-state index contributed by atoms with van der Waals surface area (Å²) in [5, 5.41) is 57.9. The summed E-state index contributed by atoms with van der Waals surface area (Å²) < 4.78 is 70.3. The van der Waals surface area contributed by atoms with Crippen LogP contribution in [-0.4, -0.2) is 121 Å². The van der Waals surface area contributed by atoms with E-state index in [1.807, 2.05) is 0 Å². The van der Waals surface area contributed by atoms with E-state index in [0.29, 0.717) is 133 Å². The van der Waals surface area contributed by atoms with Gasteiger partial charge in [0.05, 0.1) is 96.7 Å². The number of aromatic carboxylic acids is 1. The Balaban J connectivity index is 0.000000154. The van der Waals surface area contributed by atoms with Crippen LogP contribution in [0.4, 0.5) is 13.2 Å². The molecule has 562 valence electrons. The van der Waals surface area contributed by atoms with E-state index in [-0.39, 0.29) is 87.5 Å². The SMILES string of the molecule is CC(O)(c1cc(F)c(C(=O)c2ccc(Cl)cc2)c(C(=O)O)c1)C1CCOCC1.CC(O)(c1cc(F)c2c(c1)C(=O)N(Cc1ccc(Cl)cn1)C2(O)c1ccc(Cl)cc1)C1CCOCC1.CC(O)(c1cc(F)c2c(c1)C(=O)N(Cc1ccc(Cl)cn1)[C@@]2(OCC1(C(N)=O)CC1)c1ccc(Cl)cc1)C1CCOCC1. The van der Waals surface area contributed by atoms with E-state index in [9.17, 15) is 53.9 Å². The van der Waals surface area contributed by atoms with Crippen LogP contribution in [0.3, 0.4) is 0 Å². The summed E-state index contributed by atoms with van der Waals surface area (Å²) in [5.41, 5.74) is -2.05. The lowest BCUT2D eigenvalue weighted by atomic mass is 9.77. The van der Waals surface area contributed by atoms with Crippen molar-refractivity contribution >= 4 is 87.5 Å². The van der Waals surface area contributed by atoms with Crippen molar-refractivity contribution in [1.29, 1.82) is 0 Å².